The summed E-state index contributed by atoms with van der Waals surface area (Å²) in [5.41, 5.74) is 1.31. The van der Waals surface area contributed by atoms with E-state index in [4.69, 9.17) is 4.98 Å². The molecule has 2 aliphatic rings. The van der Waals surface area contributed by atoms with Crippen LogP contribution in [0.2, 0.25) is 0 Å². The van der Waals surface area contributed by atoms with Crippen LogP contribution >= 0.6 is 11.3 Å². The van der Waals surface area contributed by atoms with Gasteiger partial charge in [-0.15, -0.1) is 11.3 Å². The summed E-state index contributed by atoms with van der Waals surface area (Å²) in [5.74, 6) is 0. The molecule has 0 N–H and O–H groups in total. The Kier molecular flexibility index (Phi) is 4.13. The second-order valence-corrected chi connectivity index (χ2v) is 7.20. The van der Waals surface area contributed by atoms with Crippen molar-refractivity contribution in [2.45, 2.75) is 25.8 Å². The van der Waals surface area contributed by atoms with Crippen molar-refractivity contribution in [3.8, 4) is 0 Å². The zero-order chi connectivity index (χ0) is 15.6. The number of aryl methyl sites for hydroxylation is 2. The molecule has 1 aliphatic carbocycles. The lowest BCUT2D eigenvalue weighted by Crippen LogP contribution is -2.47. The molecular weight excluding hydrogens is 310 g/mol. The zero-order valence-corrected chi connectivity index (χ0v) is 14.0. The summed E-state index contributed by atoms with van der Waals surface area (Å²) in [6.07, 6.45) is 5.31. The van der Waals surface area contributed by atoms with E-state index in [9.17, 15) is 4.79 Å². The summed E-state index contributed by atoms with van der Waals surface area (Å²) in [7, 11) is 0. The highest BCUT2D eigenvalue weighted by Crippen LogP contribution is 2.32. The standard InChI is InChI=1S/C16H21N5OS/c22-15-5-2-6-17-21(15)12-9-19-7-10-20(11-8-19)16-18-13-3-1-4-14(13)23-16/h2,5-6H,1,3-4,7-12H2. The summed E-state index contributed by atoms with van der Waals surface area (Å²) in [5, 5.41) is 5.32. The van der Waals surface area contributed by atoms with E-state index >= 15 is 0 Å². The number of fused-ring (bicyclic) bond motifs is 1. The number of nitrogens with zero attached hydrogens (tertiary/aromatic N) is 5. The minimum Gasteiger partial charge on any atom is -0.346 e. The van der Waals surface area contributed by atoms with Crippen LogP contribution in [0.3, 0.4) is 0 Å². The van der Waals surface area contributed by atoms with Crippen molar-refractivity contribution in [3.05, 3.63) is 39.3 Å². The average molecular weight is 331 g/mol. The topological polar surface area (TPSA) is 54.3 Å². The van der Waals surface area contributed by atoms with Gasteiger partial charge in [-0.1, -0.05) is 0 Å². The second kappa shape index (κ2) is 6.41. The molecule has 0 atom stereocenters. The van der Waals surface area contributed by atoms with Gasteiger partial charge in [-0.2, -0.15) is 5.10 Å². The SMILES string of the molecule is O=c1cccnn1CCN1CCN(c2nc3c(s2)CCC3)CC1. The first-order chi connectivity index (χ1) is 11.3. The van der Waals surface area contributed by atoms with Crippen molar-refractivity contribution < 1.29 is 0 Å². The van der Waals surface area contributed by atoms with Crippen molar-refractivity contribution in [2.75, 3.05) is 37.6 Å². The van der Waals surface area contributed by atoms with E-state index in [1.54, 1.807) is 18.3 Å². The van der Waals surface area contributed by atoms with Gasteiger partial charge in [-0.25, -0.2) is 9.67 Å². The fraction of sp³-hybridized carbons (Fsp3) is 0.562. The highest BCUT2D eigenvalue weighted by Gasteiger charge is 2.23. The normalized spacial score (nSPS) is 18.3. The zero-order valence-electron chi connectivity index (χ0n) is 13.1. The molecule has 0 aromatic carbocycles. The third-order valence-electron chi connectivity index (χ3n) is 4.64. The first-order valence-corrected chi connectivity index (χ1v) is 9.09. The molecule has 0 saturated carbocycles. The van der Waals surface area contributed by atoms with E-state index in [-0.39, 0.29) is 5.56 Å². The number of thiazole rings is 1. The Hall–Kier alpha value is -1.73. The molecule has 0 unspecified atom stereocenters. The smallest absolute Gasteiger partial charge is 0.266 e. The Labute approximate surface area is 139 Å². The van der Waals surface area contributed by atoms with E-state index in [1.807, 2.05) is 11.3 Å². The molecule has 3 heterocycles. The number of piperazine rings is 1. The maximum Gasteiger partial charge on any atom is 0.266 e. The Morgan fingerprint density at radius 3 is 2.78 bits per heavy atom. The van der Waals surface area contributed by atoms with Crippen molar-refractivity contribution in [2.24, 2.45) is 0 Å². The predicted octanol–water partition coefficient (Wildman–Crippen LogP) is 1.01. The maximum absolute atomic E-state index is 11.7. The molecule has 2 aromatic heterocycles. The van der Waals surface area contributed by atoms with Gasteiger partial charge < -0.3 is 4.90 Å². The summed E-state index contributed by atoms with van der Waals surface area (Å²) in [4.78, 5) is 22.8. The molecule has 23 heavy (non-hydrogen) atoms. The van der Waals surface area contributed by atoms with E-state index < -0.39 is 0 Å². The molecule has 1 fully saturated rings. The quantitative estimate of drug-likeness (QED) is 0.837. The molecule has 2 aromatic rings. The van der Waals surface area contributed by atoms with E-state index in [0.29, 0.717) is 6.54 Å². The highest BCUT2D eigenvalue weighted by atomic mass is 32.1. The third-order valence-corrected chi connectivity index (χ3v) is 5.86. The van der Waals surface area contributed by atoms with Gasteiger partial charge >= 0.3 is 0 Å². The molecular formula is C16H21N5OS. The van der Waals surface area contributed by atoms with Crippen LogP contribution in [0.15, 0.2) is 23.1 Å². The lowest BCUT2D eigenvalue weighted by Gasteiger charge is -2.34. The van der Waals surface area contributed by atoms with Crippen molar-refractivity contribution in [3.63, 3.8) is 0 Å². The van der Waals surface area contributed by atoms with Crippen LogP contribution in [0.4, 0.5) is 5.13 Å². The first kappa shape index (κ1) is 14.8. The van der Waals surface area contributed by atoms with Gasteiger partial charge in [-0.3, -0.25) is 9.69 Å². The number of anilines is 1. The van der Waals surface area contributed by atoms with Gasteiger partial charge in [0.1, 0.15) is 0 Å². The Bertz CT molecular complexity index is 711. The van der Waals surface area contributed by atoms with Crippen LogP contribution in [0.25, 0.3) is 0 Å². The predicted molar refractivity (Wildman–Crippen MR) is 91.3 cm³/mol. The first-order valence-electron chi connectivity index (χ1n) is 8.27. The second-order valence-electron chi connectivity index (χ2n) is 6.13. The summed E-state index contributed by atoms with van der Waals surface area (Å²) in [6, 6.07) is 3.25. The van der Waals surface area contributed by atoms with Crippen molar-refractivity contribution >= 4 is 16.5 Å². The molecule has 1 saturated heterocycles. The van der Waals surface area contributed by atoms with Crippen LogP contribution < -0.4 is 10.5 Å². The fourth-order valence-electron chi connectivity index (χ4n) is 3.27. The van der Waals surface area contributed by atoms with Crippen LogP contribution in [0, 0.1) is 0 Å². The number of aromatic nitrogens is 3. The molecule has 122 valence electrons. The molecule has 0 amide bonds. The summed E-state index contributed by atoms with van der Waals surface area (Å²) < 4.78 is 1.54. The number of hydrogen-bond donors (Lipinski definition) is 0. The van der Waals surface area contributed by atoms with Gasteiger partial charge in [0.2, 0.25) is 0 Å². The van der Waals surface area contributed by atoms with E-state index in [2.05, 4.69) is 14.9 Å². The molecule has 4 rings (SSSR count). The lowest BCUT2D eigenvalue weighted by atomic mass is 10.3. The lowest BCUT2D eigenvalue weighted by molar-refractivity contribution is 0.242. The van der Waals surface area contributed by atoms with E-state index in [0.717, 1.165) is 39.1 Å². The monoisotopic (exact) mass is 331 g/mol. The molecule has 0 radical (unpaired) electrons. The van der Waals surface area contributed by atoms with Crippen LogP contribution in [-0.2, 0) is 19.4 Å². The van der Waals surface area contributed by atoms with Gasteiger partial charge in [-0.05, 0) is 25.3 Å². The summed E-state index contributed by atoms with van der Waals surface area (Å²) >= 11 is 1.88. The Morgan fingerprint density at radius 1 is 1.13 bits per heavy atom. The molecule has 7 heteroatoms. The third kappa shape index (κ3) is 3.16. The van der Waals surface area contributed by atoms with E-state index in [1.165, 1.54) is 33.2 Å². The minimum absolute atomic E-state index is 0.0246. The fourth-order valence-corrected chi connectivity index (χ4v) is 4.47. The average Bonchev–Trinajstić information content (AvgIpc) is 3.16. The van der Waals surface area contributed by atoms with Crippen LogP contribution in [0.1, 0.15) is 17.0 Å². The van der Waals surface area contributed by atoms with Gasteiger partial charge in [0.25, 0.3) is 5.56 Å². The minimum atomic E-state index is -0.0246. The largest absolute Gasteiger partial charge is 0.346 e. The van der Waals surface area contributed by atoms with Gasteiger partial charge in [0.05, 0.1) is 12.2 Å². The molecule has 6 nitrogen and oxygen atoms in total. The van der Waals surface area contributed by atoms with Gasteiger partial charge in [0.15, 0.2) is 5.13 Å². The van der Waals surface area contributed by atoms with Crippen LogP contribution in [-0.4, -0.2) is 52.4 Å². The number of rotatable bonds is 4. The highest BCUT2D eigenvalue weighted by molar-refractivity contribution is 7.15. The van der Waals surface area contributed by atoms with Crippen LogP contribution in [0.5, 0.6) is 0 Å². The maximum atomic E-state index is 11.7. The Morgan fingerprint density at radius 2 is 2.00 bits per heavy atom. The Balaban J connectivity index is 1.30. The van der Waals surface area contributed by atoms with Crippen molar-refractivity contribution in [1.82, 2.24) is 19.7 Å². The number of hydrogen-bond acceptors (Lipinski definition) is 6. The van der Waals surface area contributed by atoms with Gasteiger partial charge in [0, 0.05) is 49.9 Å². The van der Waals surface area contributed by atoms with Crippen molar-refractivity contribution in [1.29, 1.82) is 0 Å². The molecule has 0 spiro atoms. The molecule has 0 bridgehead atoms. The molecule has 1 aliphatic heterocycles. The summed E-state index contributed by atoms with van der Waals surface area (Å²) in [6.45, 7) is 5.61.